The molecular formula is C11H22N2. The lowest BCUT2D eigenvalue weighted by Crippen LogP contribution is -2.35. The zero-order valence-electron chi connectivity index (χ0n) is 8.52. The zero-order valence-corrected chi connectivity index (χ0v) is 8.52. The summed E-state index contributed by atoms with van der Waals surface area (Å²) < 4.78 is 0. The van der Waals surface area contributed by atoms with E-state index in [1.54, 1.807) is 0 Å². The van der Waals surface area contributed by atoms with Gasteiger partial charge in [0.1, 0.15) is 0 Å². The number of nitrogens with one attached hydrogen (secondary N) is 2. The van der Waals surface area contributed by atoms with Crippen LogP contribution in [0.5, 0.6) is 0 Å². The second-order valence-corrected chi connectivity index (χ2v) is 4.52. The van der Waals surface area contributed by atoms with Crippen molar-refractivity contribution in [1.82, 2.24) is 10.6 Å². The van der Waals surface area contributed by atoms with Gasteiger partial charge < -0.3 is 10.6 Å². The normalized spacial score (nSPS) is 35.1. The molecule has 2 saturated heterocycles. The maximum Gasteiger partial charge on any atom is 0.00681 e. The molecule has 0 amide bonds. The maximum atomic E-state index is 3.62. The molecule has 2 heterocycles. The molecule has 0 aliphatic carbocycles. The quantitative estimate of drug-likeness (QED) is 0.693. The lowest BCUT2D eigenvalue weighted by atomic mass is 9.98. The number of rotatable bonds is 3. The van der Waals surface area contributed by atoms with Gasteiger partial charge >= 0.3 is 0 Å². The van der Waals surface area contributed by atoms with Gasteiger partial charge in [0.25, 0.3) is 0 Å². The van der Waals surface area contributed by atoms with E-state index in [1.807, 2.05) is 0 Å². The summed E-state index contributed by atoms with van der Waals surface area (Å²) in [4.78, 5) is 0. The Morgan fingerprint density at radius 1 is 0.769 bits per heavy atom. The predicted molar refractivity (Wildman–Crippen MR) is 55.9 cm³/mol. The van der Waals surface area contributed by atoms with Gasteiger partial charge in [0.15, 0.2) is 0 Å². The third kappa shape index (κ3) is 2.96. The molecule has 13 heavy (non-hydrogen) atoms. The highest BCUT2D eigenvalue weighted by Crippen LogP contribution is 2.16. The van der Waals surface area contributed by atoms with Gasteiger partial charge in [0, 0.05) is 12.1 Å². The first-order chi connectivity index (χ1) is 6.45. The molecule has 0 bridgehead atoms. The van der Waals surface area contributed by atoms with Crippen molar-refractivity contribution in [2.45, 2.75) is 57.0 Å². The Morgan fingerprint density at radius 2 is 1.38 bits per heavy atom. The Labute approximate surface area is 81.5 Å². The van der Waals surface area contributed by atoms with E-state index < -0.39 is 0 Å². The topological polar surface area (TPSA) is 24.1 Å². The van der Waals surface area contributed by atoms with E-state index in [2.05, 4.69) is 10.6 Å². The zero-order chi connectivity index (χ0) is 8.93. The summed E-state index contributed by atoms with van der Waals surface area (Å²) in [5.74, 6) is 0. The summed E-state index contributed by atoms with van der Waals surface area (Å²) in [6, 6.07) is 1.67. The monoisotopic (exact) mass is 182 g/mol. The molecule has 2 heteroatoms. The molecule has 2 aliphatic rings. The fourth-order valence-electron chi connectivity index (χ4n) is 2.58. The lowest BCUT2D eigenvalue weighted by molar-refractivity contribution is 0.359. The van der Waals surface area contributed by atoms with Gasteiger partial charge in [-0.1, -0.05) is 6.42 Å². The van der Waals surface area contributed by atoms with Gasteiger partial charge in [0.2, 0.25) is 0 Å². The molecule has 2 nitrogen and oxygen atoms in total. The largest absolute Gasteiger partial charge is 0.314 e. The molecule has 76 valence electrons. The van der Waals surface area contributed by atoms with Crippen LogP contribution >= 0.6 is 0 Å². The minimum atomic E-state index is 0.830. The second kappa shape index (κ2) is 4.97. The van der Waals surface area contributed by atoms with Crippen molar-refractivity contribution in [3.8, 4) is 0 Å². The summed E-state index contributed by atoms with van der Waals surface area (Å²) in [6.07, 6.45) is 9.81. The molecule has 0 aromatic rings. The van der Waals surface area contributed by atoms with Crippen molar-refractivity contribution >= 4 is 0 Å². The van der Waals surface area contributed by atoms with Crippen LogP contribution < -0.4 is 10.6 Å². The first-order valence-corrected chi connectivity index (χ1v) is 5.92. The van der Waals surface area contributed by atoms with Crippen molar-refractivity contribution in [3.63, 3.8) is 0 Å². The van der Waals surface area contributed by atoms with E-state index in [0.717, 1.165) is 12.1 Å². The summed E-state index contributed by atoms with van der Waals surface area (Å²) in [6.45, 7) is 2.51. The van der Waals surface area contributed by atoms with E-state index in [-0.39, 0.29) is 0 Å². The summed E-state index contributed by atoms with van der Waals surface area (Å²) >= 11 is 0. The molecule has 0 aromatic heterocycles. The van der Waals surface area contributed by atoms with E-state index in [0.29, 0.717) is 0 Å². The van der Waals surface area contributed by atoms with Crippen molar-refractivity contribution in [3.05, 3.63) is 0 Å². The van der Waals surface area contributed by atoms with Gasteiger partial charge in [-0.25, -0.2) is 0 Å². The Bertz CT molecular complexity index is 135. The minimum absolute atomic E-state index is 0.830. The van der Waals surface area contributed by atoms with Crippen molar-refractivity contribution in [1.29, 1.82) is 0 Å². The molecule has 2 N–H and O–H groups in total. The van der Waals surface area contributed by atoms with Crippen molar-refractivity contribution in [2.24, 2.45) is 0 Å². The second-order valence-electron chi connectivity index (χ2n) is 4.52. The van der Waals surface area contributed by atoms with E-state index in [1.165, 1.54) is 58.0 Å². The van der Waals surface area contributed by atoms with Crippen LogP contribution in [-0.2, 0) is 0 Å². The molecule has 0 aromatic carbocycles. The minimum Gasteiger partial charge on any atom is -0.314 e. The van der Waals surface area contributed by atoms with Gasteiger partial charge in [0.05, 0.1) is 0 Å². The van der Waals surface area contributed by atoms with Gasteiger partial charge in [-0.3, -0.25) is 0 Å². The highest BCUT2D eigenvalue weighted by molar-refractivity contribution is 4.78. The summed E-state index contributed by atoms with van der Waals surface area (Å²) in [7, 11) is 0. The Morgan fingerprint density at radius 3 is 1.85 bits per heavy atom. The Hall–Kier alpha value is -0.0800. The SMILES string of the molecule is C1CCC(CC[C@@H]2CCCN2)NC1. The third-order valence-electron chi connectivity index (χ3n) is 3.44. The average Bonchev–Trinajstić information content (AvgIpc) is 2.69. The fraction of sp³-hybridized carbons (Fsp3) is 1.00. The first kappa shape index (κ1) is 9.47. The molecule has 2 aliphatic heterocycles. The van der Waals surface area contributed by atoms with Crippen LogP contribution in [0.2, 0.25) is 0 Å². The van der Waals surface area contributed by atoms with Crippen molar-refractivity contribution < 1.29 is 0 Å². The third-order valence-corrected chi connectivity index (χ3v) is 3.44. The predicted octanol–water partition coefficient (Wildman–Crippen LogP) is 1.66. The van der Waals surface area contributed by atoms with Gasteiger partial charge in [-0.2, -0.15) is 0 Å². The van der Waals surface area contributed by atoms with Crippen LogP contribution in [0.4, 0.5) is 0 Å². The molecule has 1 unspecified atom stereocenters. The van der Waals surface area contributed by atoms with E-state index >= 15 is 0 Å². The highest BCUT2D eigenvalue weighted by Gasteiger charge is 2.17. The van der Waals surface area contributed by atoms with Crippen LogP contribution in [0.3, 0.4) is 0 Å². The first-order valence-electron chi connectivity index (χ1n) is 5.92. The van der Waals surface area contributed by atoms with Gasteiger partial charge in [-0.15, -0.1) is 0 Å². The number of piperidine rings is 1. The summed E-state index contributed by atoms with van der Waals surface area (Å²) in [5.41, 5.74) is 0. The van der Waals surface area contributed by atoms with Gasteiger partial charge in [-0.05, 0) is 51.6 Å². The molecule has 2 atom stereocenters. The number of hydrogen-bond donors (Lipinski definition) is 2. The van der Waals surface area contributed by atoms with Crippen LogP contribution in [-0.4, -0.2) is 25.2 Å². The van der Waals surface area contributed by atoms with Crippen LogP contribution in [0.15, 0.2) is 0 Å². The lowest BCUT2D eigenvalue weighted by Gasteiger charge is -2.24. The molecule has 0 saturated carbocycles. The molecular weight excluding hydrogens is 160 g/mol. The van der Waals surface area contributed by atoms with Crippen molar-refractivity contribution in [2.75, 3.05) is 13.1 Å². The van der Waals surface area contributed by atoms with Crippen LogP contribution in [0.1, 0.15) is 44.9 Å². The Balaban J connectivity index is 1.60. The Kier molecular flexibility index (Phi) is 3.62. The fourth-order valence-corrected chi connectivity index (χ4v) is 2.58. The molecule has 2 fully saturated rings. The smallest absolute Gasteiger partial charge is 0.00681 e. The van der Waals surface area contributed by atoms with E-state index in [9.17, 15) is 0 Å². The highest BCUT2D eigenvalue weighted by atomic mass is 14.9. The average molecular weight is 182 g/mol. The maximum absolute atomic E-state index is 3.62. The standard InChI is InChI=1S/C11H22N2/c1-2-8-12-10(4-1)6-7-11-5-3-9-13-11/h10-13H,1-9H2/t10?,11-/m0/s1. The van der Waals surface area contributed by atoms with Crippen LogP contribution in [0.25, 0.3) is 0 Å². The van der Waals surface area contributed by atoms with Crippen LogP contribution in [0, 0.1) is 0 Å². The molecule has 2 rings (SSSR count). The molecule has 0 radical (unpaired) electrons. The van der Waals surface area contributed by atoms with E-state index in [4.69, 9.17) is 0 Å². The number of hydrogen-bond acceptors (Lipinski definition) is 2. The summed E-state index contributed by atoms with van der Waals surface area (Å²) in [5, 5.41) is 7.18. The molecule has 0 spiro atoms.